The molecule has 1 N–H and O–H groups in total. The van der Waals surface area contributed by atoms with Gasteiger partial charge in [0.05, 0.1) is 16.8 Å². The minimum atomic E-state index is -0.426. The average molecular weight is 321 g/mol. The number of thiazole rings is 1. The van der Waals surface area contributed by atoms with Crippen molar-refractivity contribution in [2.24, 2.45) is 0 Å². The lowest BCUT2D eigenvalue weighted by molar-refractivity contribution is 0.168. The Morgan fingerprint density at radius 2 is 2.00 bits per heavy atom. The van der Waals surface area contributed by atoms with Crippen LogP contribution in [-0.4, -0.2) is 30.8 Å². The van der Waals surface area contributed by atoms with Gasteiger partial charge in [-0.15, -0.1) is 0 Å². The van der Waals surface area contributed by atoms with Gasteiger partial charge in [-0.05, 0) is 38.0 Å². The number of carbonyl (C=O) groups excluding carboxylic acids is 1. The normalized spacial score (nSPS) is 10.7. The third-order valence-electron chi connectivity index (χ3n) is 3.16. The number of ether oxygens (including phenoxy) is 1. The Hall–Kier alpha value is -1.82. The number of nitrogens with zero attached hydrogens (tertiary/aromatic N) is 2. The van der Waals surface area contributed by atoms with Crippen molar-refractivity contribution in [2.45, 2.75) is 33.6 Å². The summed E-state index contributed by atoms with van der Waals surface area (Å²) in [5.41, 5.74) is 1.70. The van der Waals surface area contributed by atoms with Crippen molar-refractivity contribution in [3.05, 3.63) is 18.2 Å². The van der Waals surface area contributed by atoms with Crippen LogP contribution >= 0.6 is 11.3 Å². The lowest BCUT2D eigenvalue weighted by atomic mass is 10.3. The molecule has 0 saturated carbocycles. The van der Waals surface area contributed by atoms with Crippen molar-refractivity contribution < 1.29 is 9.53 Å². The van der Waals surface area contributed by atoms with Crippen LogP contribution in [0.1, 0.15) is 33.6 Å². The molecular weight excluding hydrogens is 298 g/mol. The summed E-state index contributed by atoms with van der Waals surface area (Å²) in [5.74, 6) is 0. The third kappa shape index (κ3) is 4.10. The zero-order valence-corrected chi connectivity index (χ0v) is 14.2. The number of amides is 1. The van der Waals surface area contributed by atoms with E-state index in [-0.39, 0.29) is 0 Å². The number of benzene rings is 1. The van der Waals surface area contributed by atoms with Crippen molar-refractivity contribution >= 4 is 38.5 Å². The lowest BCUT2D eigenvalue weighted by Crippen LogP contribution is -2.24. The molecule has 2 aromatic rings. The SMILES string of the molecule is CCCN(CCC)c1nc2ccc(NC(=O)OCC)cc2s1. The maximum absolute atomic E-state index is 11.5. The van der Waals surface area contributed by atoms with Gasteiger partial charge in [0.25, 0.3) is 0 Å². The van der Waals surface area contributed by atoms with Crippen LogP contribution in [-0.2, 0) is 4.74 Å². The first-order chi connectivity index (χ1) is 10.7. The zero-order chi connectivity index (χ0) is 15.9. The standard InChI is InChI=1S/C16H23N3O2S/c1-4-9-19(10-5-2)15-18-13-8-7-12(11-14(13)22-15)17-16(20)21-6-3/h7-8,11H,4-6,9-10H2,1-3H3,(H,17,20). The average Bonchev–Trinajstić information content (AvgIpc) is 2.90. The molecule has 1 heterocycles. The number of fused-ring (bicyclic) bond motifs is 1. The summed E-state index contributed by atoms with van der Waals surface area (Å²) in [6, 6.07) is 5.74. The quantitative estimate of drug-likeness (QED) is 0.816. The third-order valence-corrected chi connectivity index (χ3v) is 4.24. The molecule has 0 aliphatic carbocycles. The number of hydrogen-bond acceptors (Lipinski definition) is 5. The second-order valence-electron chi connectivity index (χ2n) is 5.01. The number of rotatable bonds is 7. The van der Waals surface area contributed by atoms with Crippen LogP contribution in [0.3, 0.4) is 0 Å². The number of anilines is 2. The highest BCUT2D eigenvalue weighted by molar-refractivity contribution is 7.22. The Balaban J connectivity index is 2.20. The van der Waals surface area contributed by atoms with Crippen LogP contribution in [0.2, 0.25) is 0 Å². The summed E-state index contributed by atoms with van der Waals surface area (Å²) in [7, 11) is 0. The molecule has 2 rings (SSSR count). The minimum Gasteiger partial charge on any atom is -0.450 e. The van der Waals surface area contributed by atoms with Crippen LogP contribution in [0.15, 0.2) is 18.2 Å². The predicted molar refractivity (Wildman–Crippen MR) is 93.1 cm³/mol. The molecule has 0 atom stereocenters. The van der Waals surface area contributed by atoms with E-state index in [2.05, 4.69) is 24.1 Å². The molecule has 6 heteroatoms. The molecule has 0 radical (unpaired) electrons. The van der Waals surface area contributed by atoms with Crippen molar-refractivity contribution in [1.29, 1.82) is 0 Å². The van der Waals surface area contributed by atoms with Gasteiger partial charge in [-0.25, -0.2) is 9.78 Å². The molecule has 0 unspecified atom stereocenters. The highest BCUT2D eigenvalue weighted by Crippen LogP contribution is 2.31. The monoisotopic (exact) mass is 321 g/mol. The van der Waals surface area contributed by atoms with E-state index >= 15 is 0 Å². The van der Waals surface area contributed by atoms with E-state index < -0.39 is 6.09 Å². The van der Waals surface area contributed by atoms with Crippen molar-refractivity contribution in [1.82, 2.24) is 4.98 Å². The Labute approximate surface area is 135 Å². The van der Waals surface area contributed by atoms with E-state index in [9.17, 15) is 4.79 Å². The first-order valence-electron chi connectivity index (χ1n) is 7.77. The maximum atomic E-state index is 11.5. The predicted octanol–water partition coefficient (Wildman–Crippen LogP) is 4.49. The summed E-state index contributed by atoms with van der Waals surface area (Å²) in [4.78, 5) is 18.5. The first-order valence-corrected chi connectivity index (χ1v) is 8.58. The lowest BCUT2D eigenvalue weighted by Gasteiger charge is -2.19. The smallest absolute Gasteiger partial charge is 0.411 e. The minimum absolute atomic E-state index is 0.363. The van der Waals surface area contributed by atoms with Gasteiger partial charge in [0, 0.05) is 18.8 Å². The van der Waals surface area contributed by atoms with E-state index in [4.69, 9.17) is 9.72 Å². The molecule has 5 nitrogen and oxygen atoms in total. The van der Waals surface area contributed by atoms with Crippen molar-refractivity contribution in [2.75, 3.05) is 29.9 Å². The van der Waals surface area contributed by atoms with Crippen LogP contribution < -0.4 is 10.2 Å². The molecule has 120 valence electrons. The molecule has 0 spiro atoms. The van der Waals surface area contributed by atoms with Crippen LogP contribution in [0.5, 0.6) is 0 Å². The van der Waals surface area contributed by atoms with E-state index in [0.29, 0.717) is 6.61 Å². The Morgan fingerprint density at radius 1 is 1.27 bits per heavy atom. The first kappa shape index (κ1) is 16.5. The number of nitrogens with one attached hydrogen (secondary N) is 1. The van der Waals surface area contributed by atoms with E-state index in [1.165, 1.54) is 0 Å². The van der Waals surface area contributed by atoms with E-state index in [1.54, 1.807) is 18.3 Å². The summed E-state index contributed by atoms with van der Waals surface area (Å²) >= 11 is 1.66. The molecule has 0 aliphatic heterocycles. The number of hydrogen-bond donors (Lipinski definition) is 1. The Bertz CT molecular complexity index is 621. The van der Waals surface area contributed by atoms with Gasteiger partial charge < -0.3 is 9.64 Å². The summed E-state index contributed by atoms with van der Waals surface area (Å²) in [5, 5.41) is 3.78. The van der Waals surface area contributed by atoms with Crippen molar-refractivity contribution in [3.63, 3.8) is 0 Å². The van der Waals surface area contributed by atoms with Gasteiger partial charge in [-0.3, -0.25) is 5.32 Å². The van der Waals surface area contributed by atoms with Gasteiger partial charge in [0.15, 0.2) is 5.13 Å². The van der Waals surface area contributed by atoms with Crippen LogP contribution in [0, 0.1) is 0 Å². The Kier molecular flexibility index (Phi) is 6.00. The van der Waals surface area contributed by atoms with Gasteiger partial charge in [0.1, 0.15) is 0 Å². The Morgan fingerprint density at radius 3 is 2.64 bits per heavy atom. The number of carbonyl (C=O) groups is 1. The van der Waals surface area contributed by atoms with Gasteiger partial charge in [0.2, 0.25) is 0 Å². The van der Waals surface area contributed by atoms with E-state index in [0.717, 1.165) is 47.0 Å². The fourth-order valence-electron chi connectivity index (χ4n) is 2.25. The second kappa shape index (κ2) is 7.98. The summed E-state index contributed by atoms with van der Waals surface area (Å²) in [6.45, 7) is 8.54. The molecule has 0 saturated heterocycles. The van der Waals surface area contributed by atoms with Gasteiger partial charge in [-0.1, -0.05) is 25.2 Å². The molecule has 0 bridgehead atoms. The van der Waals surface area contributed by atoms with Gasteiger partial charge in [-0.2, -0.15) is 0 Å². The second-order valence-corrected chi connectivity index (χ2v) is 6.02. The largest absolute Gasteiger partial charge is 0.450 e. The van der Waals surface area contributed by atoms with Gasteiger partial charge >= 0.3 is 6.09 Å². The van der Waals surface area contributed by atoms with Crippen molar-refractivity contribution in [3.8, 4) is 0 Å². The summed E-state index contributed by atoms with van der Waals surface area (Å²) < 4.78 is 5.97. The topological polar surface area (TPSA) is 54.5 Å². The fourth-order valence-corrected chi connectivity index (χ4v) is 3.31. The number of aromatic nitrogens is 1. The fraction of sp³-hybridized carbons (Fsp3) is 0.500. The van der Waals surface area contributed by atoms with Crippen LogP contribution in [0.4, 0.5) is 15.6 Å². The summed E-state index contributed by atoms with van der Waals surface area (Å²) in [6.07, 6.45) is 1.78. The molecule has 0 aliphatic rings. The highest BCUT2D eigenvalue weighted by atomic mass is 32.1. The zero-order valence-electron chi connectivity index (χ0n) is 13.4. The molecule has 1 aromatic carbocycles. The van der Waals surface area contributed by atoms with E-state index in [1.807, 2.05) is 18.2 Å². The molecule has 22 heavy (non-hydrogen) atoms. The molecule has 0 fully saturated rings. The molecule has 1 aromatic heterocycles. The molecular formula is C16H23N3O2S. The maximum Gasteiger partial charge on any atom is 0.411 e. The highest BCUT2D eigenvalue weighted by Gasteiger charge is 2.12. The van der Waals surface area contributed by atoms with Crippen LogP contribution in [0.25, 0.3) is 10.2 Å². The molecule has 1 amide bonds.